The molecule has 0 atom stereocenters. The van der Waals surface area contributed by atoms with E-state index in [-0.39, 0.29) is 0 Å². The second-order valence-electron chi connectivity index (χ2n) is 5.31. The summed E-state index contributed by atoms with van der Waals surface area (Å²) in [5.74, 6) is 0. The van der Waals surface area contributed by atoms with Crippen LogP contribution in [0.3, 0.4) is 0 Å². The minimum absolute atomic E-state index is 0.303. The van der Waals surface area contributed by atoms with Crippen molar-refractivity contribution < 1.29 is 8.42 Å². The van der Waals surface area contributed by atoms with Crippen LogP contribution in [-0.2, 0) is 16.6 Å². The van der Waals surface area contributed by atoms with Crippen LogP contribution in [0.25, 0.3) is 0 Å². The first kappa shape index (κ1) is 18.6. The summed E-state index contributed by atoms with van der Waals surface area (Å²) in [4.78, 5) is 2.33. The van der Waals surface area contributed by atoms with E-state index in [2.05, 4.69) is 26.0 Å². The minimum atomic E-state index is -3.50. The number of nitrogens with one attached hydrogen (secondary N) is 2. The van der Waals surface area contributed by atoms with Gasteiger partial charge >= 0.3 is 0 Å². The van der Waals surface area contributed by atoms with E-state index in [1.54, 1.807) is 6.07 Å². The summed E-state index contributed by atoms with van der Waals surface area (Å²) in [6, 6.07) is 3.69. The number of benzene rings is 1. The molecule has 0 fully saturated rings. The molecule has 0 unspecified atom stereocenters. The van der Waals surface area contributed by atoms with E-state index in [0.29, 0.717) is 22.5 Å². The predicted molar refractivity (Wildman–Crippen MR) is 90.0 cm³/mol. The average Bonchev–Trinajstić information content (AvgIpc) is 2.38. The van der Waals surface area contributed by atoms with Crippen molar-refractivity contribution in [2.75, 3.05) is 34.2 Å². The first-order valence-electron chi connectivity index (χ1n) is 6.86. The molecule has 1 aromatic carbocycles. The maximum Gasteiger partial charge on any atom is 0.241 e. The van der Waals surface area contributed by atoms with Gasteiger partial charge in [0.1, 0.15) is 0 Å². The summed E-state index contributed by atoms with van der Waals surface area (Å²) in [6.45, 7) is 3.82. The molecule has 0 saturated carbocycles. The van der Waals surface area contributed by atoms with E-state index in [1.807, 2.05) is 39.0 Å². The van der Waals surface area contributed by atoms with Crippen LogP contribution in [0.1, 0.15) is 17.5 Å². The highest BCUT2D eigenvalue weighted by molar-refractivity contribution is 9.10. The largest absolute Gasteiger partial charge is 0.316 e. The molecule has 1 rings (SSSR count). The van der Waals surface area contributed by atoms with Crippen LogP contribution >= 0.6 is 15.9 Å². The first-order chi connectivity index (χ1) is 9.77. The van der Waals surface area contributed by atoms with Gasteiger partial charge in [-0.1, -0.05) is 6.07 Å². The lowest BCUT2D eigenvalue weighted by Crippen LogP contribution is -2.28. The third-order valence-corrected chi connectivity index (χ3v) is 5.83. The fourth-order valence-corrected chi connectivity index (χ4v) is 4.13. The maximum atomic E-state index is 12.4. The lowest BCUT2D eigenvalue weighted by Gasteiger charge is -2.13. The number of sulfonamides is 1. The minimum Gasteiger partial charge on any atom is -0.316 e. The predicted octanol–water partition coefficient (Wildman–Crippen LogP) is 1.71. The van der Waals surface area contributed by atoms with Gasteiger partial charge < -0.3 is 10.2 Å². The molecule has 5 nitrogen and oxygen atoms in total. The fourth-order valence-electron chi connectivity index (χ4n) is 1.99. The zero-order valence-corrected chi connectivity index (χ0v) is 15.4. The zero-order valence-electron chi connectivity index (χ0n) is 13.0. The highest BCUT2D eigenvalue weighted by Gasteiger charge is 2.19. The Morgan fingerprint density at radius 1 is 1.29 bits per heavy atom. The monoisotopic (exact) mass is 377 g/mol. The van der Waals surface area contributed by atoms with Crippen molar-refractivity contribution in [1.82, 2.24) is 14.9 Å². The highest BCUT2D eigenvalue weighted by Crippen LogP contribution is 2.27. The van der Waals surface area contributed by atoms with Crippen LogP contribution in [0.2, 0.25) is 0 Å². The molecule has 21 heavy (non-hydrogen) atoms. The Morgan fingerprint density at radius 3 is 2.52 bits per heavy atom. The second kappa shape index (κ2) is 8.24. The van der Waals surface area contributed by atoms with Crippen LogP contribution in [0.5, 0.6) is 0 Å². The van der Waals surface area contributed by atoms with Crippen LogP contribution in [0.15, 0.2) is 21.5 Å². The van der Waals surface area contributed by atoms with E-state index in [4.69, 9.17) is 0 Å². The molecule has 0 heterocycles. The Balaban J connectivity index is 2.91. The average molecular weight is 378 g/mol. The number of halogens is 1. The lowest BCUT2D eigenvalue weighted by molar-refractivity contribution is 0.400. The Bertz CT molecular complexity index is 574. The summed E-state index contributed by atoms with van der Waals surface area (Å²) in [6.07, 6.45) is 0.777. The number of nitrogens with zero attached hydrogens (tertiary/aromatic N) is 1. The molecule has 0 bridgehead atoms. The van der Waals surface area contributed by atoms with Crippen molar-refractivity contribution in [3.8, 4) is 0 Å². The van der Waals surface area contributed by atoms with Gasteiger partial charge in [-0.3, -0.25) is 0 Å². The molecule has 0 radical (unpaired) electrons. The molecule has 0 aromatic heterocycles. The Kier molecular flexibility index (Phi) is 7.29. The molecular weight excluding hydrogens is 354 g/mol. The van der Waals surface area contributed by atoms with E-state index in [0.717, 1.165) is 24.1 Å². The molecule has 0 aliphatic rings. The summed E-state index contributed by atoms with van der Waals surface area (Å²) >= 11 is 3.39. The lowest BCUT2D eigenvalue weighted by atomic mass is 10.1. The van der Waals surface area contributed by atoms with E-state index in [9.17, 15) is 8.42 Å². The van der Waals surface area contributed by atoms with Crippen LogP contribution < -0.4 is 10.0 Å². The number of aryl methyl sites for hydroxylation is 1. The second-order valence-corrected chi connectivity index (χ2v) is 7.84. The van der Waals surface area contributed by atoms with Crippen LogP contribution in [0.4, 0.5) is 0 Å². The van der Waals surface area contributed by atoms with E-state index in [1.165, 1.54) is 0 Å². The molecule has 0 amide bonds. The topological polar surface area (TPSA) is 61.4 Å². The summed E-state index contributed by atoms with van der Waals surface area (Å²) in [5, 5.41) is 3.04. The highest BCUT2D eigenvalue weighted by atomic mass is 79.9. The Morgan fingerprint density at radius 2 is 1.95 bits per heavy atom. The maximum absolute atomic E-state index is 12.4. The van der Waals surface area contributed by atoms with E-state index >= 15 is 0 Å². The van der Waals surface area contributed by atoms with Crippen LogP contribution in [-0.4, -0.2) is 47.6 Å². The van der Waals surface area contributed by atoms with Gasteiger partial charge in [0.15, 0.2) is 0 Å². The third-order valence-electron chi connectivity index (χ3n) is 3.03. The first-order valence-corrected chi connectivity index (χ1v) is 9.13. The van der Waals surface area contributed by atoms with E-state index < -0.39 is 10.0 Å². The molecule has 1 aromatic rings. The van der Waals surface area contributed by atoms with Crippen molar-refractivity contribution in [3.05, 3.63) is 27.7 Å². The standard InChI is InChI=1S/C14H24BrN3O2S/c1-11-8-12(10-16-2)9-13(14(11)15)21(19,20)17-6-5-7-18(3)4/h8-9,16-17H,5-7,10H2,1-4H3. The van der Waals surface area contributed by atoms with Gasteiger partial charge in [0, 0.05) is 17.6 Å². The van der Waals surface area contributed by atoms with Gasteiger partial charge in [0.2, 0.25) is 10.0 Å². The summed E-state index contributed by atoms with van der Waals surface area (Å²) < 4.78 is 28.2. The summed E-state index contributed by atoms with van der Waals surface area (Å²) in [5.41, 5.74) is 1.86. The van der Waals surface area contributed by atoms with Gasteiger partial charge in [-0.15, -0.1) is 0 Å². The van der Waals surface area contributed by atoms with Gasteiger partial charge in [0.25, 0.3) is 0 Å². The van der Waals surface area contributed by atoms with Crippen LogP contribution in [0, 0.1) is 6.92 Å². The van der Waals surface area contributed by atoms with Gasteiger partial charge in [-0.05, 0) is 74.2 Å². The Hall–Kier alpha value is -0.470. The summed E-state index contributed by atoms with van der Waals surface area (Å²) in [7, 11) is 2.28. The van der Waals surface area contributed by atoms with Gasteiger partial charge in [-0.25, -0.2) is 13.1 Å². The van der Waals surface area contributed by atoms with Crippen molar-refractivity contribution in [1.29, 1.82) is 0 Å². The number of hydrogen-bond donors (Lipinski definition) is 2. The molecule has 0 spiro atoms. The molecule has 0 aliphatic heterocycles. The van der Waals surface area contributed by atoms with Crippen molar-refractivity contribution in [2.45, 2.75) is 24.8 Å². The normalized spacial score (nSPS) is 12.1. The van der Waals surface area contributed by atoms with Gasteiger partial charge in [0.05, 0.1) is 4.90 Å². The molecule has 2 N–H and O–H groups in total. The van der Waals surface area contributed by atoms with Crippen molar-refractivity contribution >= 4 is 26.0 Å². The van der Waals surface area contributed by atoms with Crippen molar-refractivity contribution in [3.63, 3.8) is 0 Å². The molecule has 0 saturated heterocycles. The third kappa shape index (κ3) is 5.67. The molecule has 120 valence electrons. The number of hydrogen-bond acceptors (Lipinski definition) is 4. The fraction of sp³-hybridized carbons (Fsp3) is 0.571. The quantitative estimate of drug-likeness (QED) is 0.676. The Labute approximate surface area is 136 Å². The zero-order chi connectivity index (χ0) is 16.0. The number of rotatable bonds is 8. The smallest absolute Gasteiger partial charge is 0.241 e. The van der Waals surface area contributed by atoms with Crippen molar-refractivity contribution in [2.24, 2.45) is 0 Å². The van der Waals surface area contributed by atoms with Gasteiger partial charge in [-0.2, -0.15) is 0 Å². The molecule has 7 heteroatoms. The molecular formula is C14H24BrN3O2S. The SMILES string of the molecule is CNCc1cc(C)c(Br)c(S(=O)(=O)NCCCN(C)C)c1. The molecule has 0 aliphatic carbocycles.